The quantitative estimate of drug-likeness (QED) is 0.720. The van der Waals surface area contributed by atoms with Crippen LogP contribution in [-0.2, 0) is 4.74 Å². The zero-order valence-electron chi connectivity index (χ0n) is 13.5. The van der Waals surface area contributed by atoms with Gasteiger partial charge in [0.15, 0.2) is 0 Å². The number of nitrogens with zero attached hydrogens (tertiary/aromatic N) is 1. The summed E-state index contributed by atoms with van der Waals surface area (Å²) in [5.41, 5.74) is 0. The summed E-state index contributed by atoms with van der Waals surface area (Å²) in [5, 5.41) is 3.72. The molecule has 0 aromatic carbocycles. The van der Waals surface area contributed by atoms with E-state index in [2.05, 4.69) is 37.9 Å². The van der Waals surface area contributed by atoms with Crippen LogP contribution in [0.1, 0.15) is 53.4 Å². The molecule has 2 atom stereocenters. The van der Waals surface area contributed by atoms with E-state index in [1.807, 2.05) is 0 Å². The Kier molecular flexibility index (Phi) is 8.67. The Morgan fingerprint density at radius 2 is 1.95 bits per heavy atom. The van der Waals surface area contributed by atoms with Crippen LogP contribution in [0.15, 0.2) is 0 Å². The first-order chi connectivity index (χ1) is 9.11. The van der Waals surface area contributed by atoms with Crippen LogP contribution >= 0.6 is 0 Å². The summed E-state index contributed by atoms with van der Waals surface area (Å²) < 4.78 is 5.74. The second-order valence-electron chi connectivity index (χ2n) is 6.39. The number of rotatable bonds is 7. The van der Waals surface area contributed by atoms with Gasteiger partial charge in [0.1, 0.15) is 0 Å². The Labute approximate surface area is 120 Å². The van der Waals surface area contributed by atoms with Crippen LogP contribution in [0.5, 0.6) is 0 Å². The minimum atomic E-state index is 0.648. The fraction of sp³-hybridized carbons (Fsp3) is 1.00. The van der Waals surface area contributed by atoms with E-state index < -0.39 is 0 Å². The second kappa shape index (κ2) is 9.73. The van der Waals surface area contributed by atoms with Crippen molar-refractivity contribution in [1.29, 1.82) is 0 Å². The highest BCUT2D eigenvalue weighted by molar-refractivity contribution is 4.76. The van der Waals surface area contributed by atoms with E-state index in [0.29, 0.717) is 12.1 Å². The van der Waals surface area contributed by atoms with Crippen molar-refractivity contribution >= 4 is 0 Å². The Hall–Kier alpha value is -0.120. The summed E-state index contributed by atoms with van der Waals surface area (Å²) in [6.07, 6.45) is 4.94. The molecule has 2 unspecified atom stereocenters. The molecule has 1 N–H and O–H groups in total. The van der Waals surface area contributed by atoms with Crippen molar-refractivity contribution < 1.29 is 4.74 Å². The molecule has 0 saturated carbocycles. The highest BCUT2D eigenvalue weighted by Crippen LogP contribution is 2.09. The molecule has 0 radical (unpaired) electrons. The predicted octanol–water partition coefficient (Wildman–Crippen LogP) is 2.90. The van der Waals surface area contributed by atoms with Crippen molar-refractivity contribution in [1.82, 2.24) is 10.2 Å². The van der Waals surface area contributed by atoms with E-state index in [4.69, 9.17) is 4.74 Å². The lowest BCUT2D eigenvalue weighted by atomic mass is 10.1. The first-order valence-electron chi connectivity index (χ1n) is 8.18. The maximum absolute atomic E-state index is 5.74. The van der Waals surface area contributed by atoms with Gasteiger partial charge in [-0.25, -0.2) is 0 Å². The summed E-state index contributed by atoms with van der Waals surface area (Å²) >= 11 is 0. The smallest absolute Gasteiger partial charge is 0.0593 e. The van der Waals surface area contributed by atoms with E-state index in [9.17, 15) is 0 Å². The van der Waals surface area contributed by atoms with E-state index in [0.717, 1.165) is 25.7 Å². The fourth-order valence-corrected chi connectivity index (χ4v) is 2.56. The highest BCUT2D eigenvalue weighted by atomic mass is 16.5. The largest absolute Gasteiger partial charge is 0.380 e. The van der Waals surface area contributed by atoms with Crippen LogP contribution in [0.3, 0.4) is 0 Å². The Morgan fingerprint density at radius 3 is 2.63 bits per heavy atom. The summed E-state index contributed by atoms with van der Waals surface area (Å²) in [7, 11) is 0. The average molecular weight is 270 g/mol. The summed E-state index contributed by atoms with van der Waals surface area (Å²) in [6, 6.07) is 1.34. The molecule has 1 fully saturated rings. The van der Waals surface area contributed by atoms with Crippen molar-refractivity contribution in [3.8, 4) is 0 Å². The van der Waals surface area contributed by atoms with Crippen molar-refractivity contribution in [2.24, 2.45) is 5.92 Å². The molecule has 114 valence electrons. The number of hydrogen-bond acceptors (Lipinski definition) is 3. The lowest BCUT2D eigenvalue weighted by Gasteiger charge is -2.31. The molecule has 0 spiro atoms. The zero-order valence-corrected chi connectivity index (χ0v) is 13.5. The van der Waals surface area contributed by atoms with Gasteiger partial charge in [0, 0.05) is 25.2 Å². The van der Waals surface area contributed by atoms with Gasteiger partial charge in [-0.05, 0) is 51.6 Å². The molecule has 0 amide bonds. The van der Waals surface area contributed by atoms with E-state index >= 15 is 0 Å². The highest BCUT2D eigenvalue weighted by Gasteiger charge is 2.17. The van der Waals surface area contributed by atoms with Crippen molar-refractivity contribution in [3.63, 3.8) is 0 Å². The third kappa shape index (κ3) is 7.91. The lowest BCUT2D eigenvalue weighted by molar-refractivity contribution is 0.0900. The molecule has 1 heterocycles. The SMILES string of the molecule is CCC1CCN(CCOCCC(C)C)CCC(C)N1. The van der Waals surface area contributed by atoms with Gasteiger partial charge in [-0.3, -0.25) is 0 Å². The Bertz CT molecular complexity index is 221. The maximum Gasteiger partial charge on any atom is 0.0593 e. The zero-order chi connectivity index (χ0) is 14.1. The molecule has 1 aliphatic rings. The van der Waals surface area contributed by atoms with Crippen LogP contribution in [0.2, 0.25) is 0 Å². The van der Waals surface area contributed by atoms with Gasteiger partial charge < -0.3 is 15.0 Å². The predicted molar refractivity (Wildman–Crippen MR) is 82.6 cm³/mol. The molecule has 19 heavy (non-hydrogen) atoms. The molecule has 3 nitrogen and oxygen atoms in total. The summed E-state index contributed by atoms with van der Waals surface area (Å²) in [5.74, 6) is 0.749. The van der Waals surface area contributed by atoms with Crippen molar-refractivity contribution in [2.75, 3.05) is 32.8 Å². The van der Waals surface area contributed by atoms with E-state index in [1.165, 1.54) is 38.8 Å². The molecular formula is C16H34N2O. The van der Waals surface area contributed by atoms with Crippen LogP contribution in [0.4, 0.5) is 0 Å². The third-order valence-corrected chi connectivity index (χ3v) is 4.08. The molecule has 0 aromatic heterocycles. The summed E-state index contributed by atoms with van der Waals surface area (Å²) in [6.45, 7) is 14.4. The molecular weight excluding hydrogens is 236 g/mol. The molecule has 0 aliphatic carbocycles. The first-order valence-corrected chi connectivity index (χ1v) is 8.18. The number of ether oxygens (including phenoxy) is 1. The van der Waals surface area contributed by atoms with Gasteiger partial charge in [0.25, 0.3) is 0 Å². The minimum Gasteiger partial charge on any atom is -0.380 e. The Morgan fingerprint density at radius 1 is 1.21 bits per heavy atom. The average Bonchev–Trinajstić information content (AvgIpc) is 2.36. The molecule has 1 aliphatic heterocycles. The van der Waals surface area contributed by atoms with E-state index in [-0.39, 0.29) is 0 Å². The van der Waals surface area contributed by atoms with Crippen LogP contribution < -0.4 is 5.32 Å². The van der Waals surface area contributed by atoms with Gasteiger partial charge in [0.2, 0.25) is 0 Å². The Balaban J connectivity index is 2.17. The second-order valence-corrected chi connectivity index (χ2v) is 6.39. The normalized spacial score (nSPS) is 26.4. The van der Waals surface area contributed by atoms with Gasteiger partial charge >= 0.3 is 0 Å². The molecule has 3 heteroatoms. The maximum atomic E-state index is 5.74. The molecule has 0 bridgehead atoms. The van der Waals surface area contributed by atoms with Crippen LogP contribution in [0.25, 0.3) is 0 Å². The van der Waals surface area contributed by atoms with E-state index in [1.54, 1.807) is 0 Å². The molecule has 0 aromatic rings. The monoisotopic (exact) mass is 270 g/mol. The van der Waals surface area contributed by atoms with Crippen molar-refractivity contribution in [2.45, 2.75) is 65.5 Å². The van der Waals surface area contributed by atoms with Crippen LogP contribution in [-0.4, -0.2) is 49.8 Å². The first kappa shape index (κ1) is 16.9. The topological polar surface area (TPSA) is 24.5 Å². The minimum absolute atomic E-state index is 0.648. The summed E-state index contributed by atoms with van der Waals surface area (Å²) in [4.78, 5) is 2.58. The lowest BCUT2D eigenvalue weighted by Crippen LogP contribution is -2.44. The van der Waals surface area contributed by atoms with Gasteiger partial charge in [-0.1, -0.05) is 20.8 Å². The van der Waals surface area contributed by atoms with Gasteiger partial charge in [0.05, 0.1) is 6.61 Å². The fourth-order valence-electron chi connectivity index (χ4n) is 2.56. The van der Waals surface area contributed by atoms with Crippen molar-refractivity contribution in [3.05, 3.63) is 0 Å². The third-order valence-electron chi connectivity index (χ3n) is 4.08. The standard InChI is InChI=1S/C16H34N2O/c1-5-16-7-10-18(9-6-15(4)17-16)11-13-19-12-8-14(2)3/h14-17H,5-13H2,1-4H3. The van der Waals surface area contributed by atoms with Gasteiger partial charge in [-0.15, -0.1) is 0 Å². The van der Waals surface area contributed by atoms with Crippen LogP contribution in [0, 0.1) is 5.92 Å². The molecule has 1 saturated heterocycles. The van der Waals surface area contributed by atoms with Gasteiger partial charge in [-0.2, -0.15) is 0 Å². The molecule has 1 rings (SSSR count). The number of hydrogen-bond donors (Lipinski definition) is 1. The number of nitrogens with one attached hydrogen (secondary N) is 1.